The molecule has 1 fully saturated rings. The van der Waals surface area contributed by atoms with Gasteiger partial charge in [0.05, 0.1) is 25.7 Å². The van der Waals surface area contributed by atoms with Crippen LogP contribution in [0.1, 0.15) is 32.3 Å². The van der Waals surface area contributed by atoms with Gasteiger partial charge in [0.1, 0.15) is 0 Å². The fraction of sp³-hybridized carbons (Fsp3) is 0.556. The summed E-state index contributed by atoms with van der Waals surface area (Å²) in [4.78, 5) is 12.1. The highest BCUT2D eigenvalue weighted by Gasteiger charge is 2.15. The van der Waals surface area contributed by atoms with Gasteiger partial charge in [-0.3, -0.25) is 15.6 Å². The van der Waals surface area contributed by atoms with E-state index in [1.54, 1.807) is 0 Å². The first-order valence-corrected chi connectivity index (χ1v) is 9.36. The molecular formula is C18H27N3O4S. The maximum Gasteiger partial charge on any atom is 0.242 e. The van der Waals surface area contributed by atoms with Crippen LogP contribution in [0.5, 0.6) is 11.5 Å². The Morgan fingerprint density at radius 3 is 2.69 bits per heavy atom. The van der Waals surface area contributed by atoms with Crippen molar-refractivity contribution in [1.29, 1.82) is 0 Å². The van der Waals surface area contributed by atoms with E-state index in [1.807, 2.05) is 32.0 Å². The number of thiocarbonyl (C=S) groups is 1. The second kappa shape index (κ2) is 10.8. The third-order valence-electron chi connectivity index (χ3n) is 3.80. The maximum absolute atomic E-state index is 12.1. The van der Waals surface area contributed by atoms with Crippen molar-refractivity contribution >= 4 is 23.2 Å². The molecule has 1 heterocycles. The summed E-state index contributed by atoms with van der Waals surface area (Å²) >= 11 is 5.14. The minimum absolute atomic E-state index is 0.186. The number of hydrazine groups is 1. The Bertz CT molecular complexity index is 606. The lowest BCUT2D eigenvalue weighted by Gasteiger charge is -2.15. The number of nitrogens with one attached hydrogen (secondary N) is 3. The Kier molecular flexibility index (Phi) is 8.43. The van der Waals surface area contributed by atoms with Crippen LogP contribution in [-0.2, 0) is 16.0 Å². The molecule has 0 saturated carbocycles. The normalized spacial score (nSPS) is 16.0. The van der Waals surface area contributed by atoms with Crippen LogP contribution in [0.25, 0.3) is 0 Å². The van der Waals surface area contributed by atoms with Crippen LogP contribution in [0.2, 0.25) is 0 Å². The van der Waals surface area contributed by atoms with Crippen LogP contribution < -0.4 is 25.6 Å². The smallest absolute Gasteiger partial charge is 0.242 e. The Morgan fingerprint density at radius 2 is 2.00 bits per heavy atom. The lowest BCUT2D eigenvalue weighted by atomic mass is 10.1. The van der Waals surface area contributed by atoms with E-state index in [1.165, 1.54) is 0 Å². The van der Waals surface area contributed by atoms with Gasteiger partial charge in [-0.2, -0.15) is 0 Å². The quantitative estimate of drug-likeness (QED) is 0.467. The molecule has 1 atom stereocenters. The molecule has 8 heteroatoms. The summed E-state index contributed by atoms with van der Waals surface area (Å²) < 4.78 is 16.6. The van der Waals surface area contributed by atoms with Crippen molar-refractivity contribution in [2.75, 3.05) is 26.4 Å². The van der Waals surface area contributed by atoms with Gasteiger partial charge in [-0.05, 0) is 56.6 Å². The fourth-order valence-electron chi connectivity index (χ4n) is 2.62. The van der Waals surface area contributed by atoms with E-state index in [9.17, 15) is 4.79 Å². The van der Waals surface area contributed by atoms with Crippen LogP contribution in [0.4, 0.5) is 0 Å². The molecule has 0 bridgehead atoms. The third-order valence-corrected chi connectivity index (χ3v) is 4.05. The Balaban J connectivity index is 1.77. The standard InChI is InChI=1S/C18H27N3O4S/c1-3-23-15-8-7-13(10-16(15)24-4-2)11-17(22)20-21-18(26)19-12-14-6-5-9-25-14/h7-8,10,14H,3-6,9,11-12H2,1-2H3,(H,20,22)(H2,19,21,26)/t14-/m0/s1. The first-order chi connectivity index (χ1) is 12.6. The molecule has 1 amide bonds. The summed E-state index contributed by atoms with van der Waals surface area (Å²) in [6.07, 6.45) is 2.50. The molecule has 1 saturated heterocycles. The van der Waals surface area contributed by atoms with Crippen molar-refractivity contribution < 1.29 is 19.0 Å². The highest BCUT2D eigenvalue weighted by molar-refractivity contribution is 7.80. The number of amides is 1. The van der Waals surface area contributed by atoms with Crippen LogP contribution in [0.3, 0.4) is 0 Å². The van der Waals surface area contributed by atoms with E-state index in [4.69, 9.17) is 26.4 Å². The molecule has 26 heavy (non-hydrogen) atoms. The molecule has 0 spiro atoms. The average Bonchev–Trinajstić information content (AvgIpc) is 3.14. The van der Waals surface area contributed by atoms with Gasteiger partial charge in [-0.1, -0.05) is 6.07 Å². The molecule has 3 N–H and O–H groups in total. The zero-order valence-corrected chi connectivity index (χ0v) is 16.1. The number of rotatable bonds is 8. The second-order valence-corrected chi connectivity index (χ2v) is 6.25. The summed E-state index contributed by atoms with van der Waals surface area (Å²) in [5.41, 5.74) is 6.13. The molecule has 0 aromatic heterocycles. The number of hydrogen-bond donors (Lipinski definition) is 3. The predicted molar refractivity (Wildman–Crippen MR) is 103 cm³/mol. The predicted octanol–water partition coefficient (Wildman–Crippen LogP) is 1.70. The van der Waals surface area contributed by atoms with Gasteiger partial charge in [-0.15, -0.1) is 0 Å². The van der Waals surface area contributed by atoms with Crippen LogP contribution in [0, 0.1) is 0 Å². The number of benzene rings is 1. The van der Waals surface area contributed by atoms with Gasteiger partial charge in [0.15, 0.2) is 16.6 Å². The number of ether oxygens (including phenoxy) is 3. The van der Waals surface area contributed by atoms with Gasteiger partial charge in [0.25, 0.3) is 0 Å². The first kappa shape index (κ1) is 20.3. The van der Waals surface area contributed by atoms with E-state index in [-0.39, 0.29) is 18.4 Å². The van der Waals surface area contributed by atoms with Crippen molar-refractivity contribution in [2.45, 2.75) is 39.2 Å². The zero-order chi connectivity index (χ0) is 18.8. The number of carbonyl (C=O) groups excluding carboxylic acids is 1. The number of hydrogen-bond acceptors (Lipinski definition) is 5. The monoisotopic (exact) mass is 381 g/mol. The van der Waals surface area contributed by atoms with Crippen molar-refractivity contribution in [2.24, 2.45) is 0 Å². The maximum atomic E-state index is 12.1. The molecule has 144 valence electrons. The second-order valence-electron chi connectivity index (χ2n) is 5.84. The molecule has 7 nitrogen and oxygen atoms in total. The van der Waals surface area contributed by atoms with Crippen LogP contribution in [0.15, 0.2) is 18.2 Å². The molecule has 0 aliphatic carbocycles. The number of carbonyl (C=O) groups is 1. The third kappa shape index (κ3) is 6.68. The summed E-state index contributed by atoms with van der Waals surface area (Å²) in [5, 5.41) is 3.41. The van der Waals surface area contributed by atoms with E-state index in [0.717, 1.165) is 25.0 Å². The average molecular weight is 381 g/mol. The van der Waals surface area contributed by atoms with Crippen molar-refractivity contribution in [3.05, 3.63) is 23.8 Å². The fourth-order valence-corrected chi connectivity index (χ4v) is 2.75. The van der Waals surface area contributed by atoms with Crippen LogP contribution in [-0.4, -0.2) is 43.5 Å². The van der Waals surface area contributed by atoms with E-state index >= 15 is 0 Å². The van der Waals surface area contributed by atoms with Crippen LogP contribution >= 0.6 is 12.2 Å². The van der Waals surface area contributed by atoms with Crippen molar-refractivity contribution in [1.82, 2.24) is 16.2 Å². The molecule has 0 radical (unpaired) electrons. The SMILES string of the molecule is CCOc1ccc(CC(=O)NNC(=S)NC[C@@H]2CCCO2)cc1OCC. The minimum Gasteiger partial charge on any atom is -0.490 e. The molecule has 0 unspecified atom stereocenters. The minimum atomic E-state index is -0.196. The lowest BCUT2D eigenvalue weighted by Crippen LogP contribution is -2.48. The van der Waals surface area contributed by atoms with Crippen molar-refractivity contribution in [3.63, 3.8) is 0 Å². The molecule has 1 aliphatic rings. The van der Waals surface area contributed by atoms with Crippen molar-refractivity contribution in [3.8, 4) is 11.5 Å². The Labute approximate surface area is 159 Å². The van der Waals surface area contributed by atoms with E-state index < -0.39 is 0 Å². The summed E-state index contributed by atoms with van der Waals surface area (Å²) in [5.74, 6) is 1.12. The molecule has 1 aromatic carbocycles. The highest BCUT2D eigenvalue weighted by atomic mass is 32.1. The Hall–Kier alpha value is -2.06. The lowest BCUT2D eigenvalue weighted by molar-refractivity contribution is -0.121. The molecule has 2 rings (SSSR count). The van der Waals surface area contributed by atoms with Gasteiger partial charge < -0.3 is 19.5 Å². The molecular weight excluding hydrogens is 354 g/mol. The Morgan fingerprint density at radius 1 is 1.23 bits per heavy atom. The zero-order valence-electron chi connectivity index (χ0n) is 15.3. The van der Waals surface area contributed by atoms with E-state index in [0.29, 0.717) is 36.4 Å². The van der Waals surface area contributed by atoms with E-state index in [2.05, 4.69) is 16.2 Å². The first-order valence-electron chi connectivity index (χ1n) is 8.95. The van der Waals surface area contributed by atoms with Gasteiger partial charge >= 0.3 is 0 Å². The topological polar surface area (TPSA) is 80.9 Å². The summed E-state index contributed by atoms with van der Waals surface area (Å²) in [7, 11) is 0. The summed E-state index contributed by atoms with van der Waals surface area (Å²) in [6, 6.07) is 5.49. The van der Waals surface area contributed by atoms with Gasteiger partial charge in [0, 0.05) is 13.2 Å². The van der Waals surface area contributed by atoms with Gasteiger partial charge in [-0.25, -0.2) is 0 Å². The molecule has 1 aliphatic heterocycles. The summed E-state index contributed by atoms with van der Waals surface area (Å²) in [6.45, 7) is 6.34. The van der Waals surface area contributed by atoms with Gasteiger partial charge in [0.2, 0.25) is 5.91 Å². The largest absolute Gasteiger partial charge is 0.490 e. The highest BCUT2D eigenvalue weighted by Crippen LogP contribution is 2.28. The molecule has 1 aromatic rings.